The molecule has 0 saturated carbocycles. The summed E-state index contributed by atoms with van der Waals surface area (Å²) in [5.41, 5.74) is 0. The molecule has 2 atom stereocenters. The molecule has 3 nitrogen and oxygen atoms in total. The van der Waals surface area contributed by atoms with E-state index in [1.54, 1.807) is 0 Å². The molecular weight excluding hydrogens is 144 g/mol. The van der Waals surface area contributed by atoms with Gasteiger partial charge in [0.1, 0.15) is 6.10 Å². The van der Waals surface area contributed by atoms with Gasteiger partial charge < -0.3 is 10.2 Å². The monoisotopic (exact) mass is 158 g/mol. The zero-order valence-electron chi connectivity index (χ0n) is 6.82. The Balaban J connectivity index is 3.83. The number of hydrogen-bond donors (Lipinski definition) is 2. The van der Waals surface area contributed by atoms with Crippen LogP contribution >= 0.6 is 0 Å². The zero-order chi connectivity index (χ0) is 8.85. The first-order chi connectivity index (χ1) is 5.07. The van der Waals surface area contributed by atoms with Crippen molar-refractivity contribution in [2.75, 3.05) is 0 Å². The van der Waals surface area contributed by atoms with Crippen LogP contribution in [0.15, 0.2) is 12.2 Å². The van der Waals surface area contributed by atoms with Gasteiger partial charge in [0.05, 0.1) is 6.10 Å². The van der Waals surface area contributed by atoms with Crippen molar-refractivity contribution < 1.29 is 15.0 Å². The molecule has 0 saturated heterocycles. The smallest absolute Gasteiger partial charge is 0.183 e. The molecule has 0 fully saturated rings. The second kappa shape index (κ2) is 5.04. The van der Waals surface area contributed by atoms with Gasteiger partial charge in [0.15, 0.2) is 5.78 Å². The summed E-state index contributed by atoms with van der Waals surface area (Å²) in [7, 11) is 0. The van der Waals surface area contributed by atoms with Gasteiger partial charge >= 0.3 is 0 Å². The number of hydrogen-bond acceptors (Lipinski definition) is 3. The molecule has 0 aromatic rings. The number of carbonyl (C=O) groups excluding carboxylic acids is 1. The van der Waals surface area contributed by atoms with Crippen LogP contribution in [0.3, 0.4) is 0 Å². The Morgan fingerprint density at radius 2 is 2.09 bits per heavy atom. The Labute approximate surface area is 66.4 Å². The van der Waals surface area contributed by atoms with E-state index in [9.17, 15) is 4.79 Å². The first-order valence-corrected chi connectivity index (χ1v) is 3.66. The molecule has 64 valence electrons. The minimum Gasteiger partial charge on any atom is -0.389 e. The molecule has 2 unspecified atom stereocenters. The summed E-state index contributed by atoms with van der Waals surface area (Å²) in [5.74, 6) is -0.377. The Morgan fingerprint density at radius 3 is 2.45 bits per heavy atom. The van der Waals surface area contributed by atoms with Crippen LogP contribution in [0, 0.1) is 0 Å². The average molecular weight is 158 g/mol. The van der Waals surface area contributed by atoms with Crippen LogP contribution in [0.4, 0.5) is 0 Å². The molecule has 0 aliphatic carbocycles. The fourth-order valence-electron chi connectivity index (χ4n) is 0.481. The maximum Gasteiger partial charge on any atom is 0.183 e. The third kappa shape index (κ3) is 4.70. The number of carbonyl (C=O) groups is 1. The highest BCUT2D eigenvalue weighted by Crippen LogP contribution is 1.93. The summed E-state index contributed by atoms with van der Waals surface area (Å²) in [4.78, 5) is 10.7. The molecule has 0 aliphatic rings. The van der Waals surface area contributed by atoms with Gasteiger partial charge in [-0.3, -0.25) is 4.79 Å². The second-order valence-electron chi connectivity index (χ2n) is 2.41. The summed E-state index contributed by atoms with van der Waals surface area (Å²) >= 11 is 0. The maximum absolute atomic E-state index is 10.7. The Bertz CT molecular complexity index is 149. The average Bonchev–Trinajstić information content (AvgIpc) is 1.99. The van der Waals surface area contributed by atoms with Crippen molar-refractivity contribution in [3.63, 3.8) is 0 Å². The van der Waals surface area contributed by atoms with E-state index >= 15 is 0 Å². The van der Waals surface area contributed by atoms with E-state index in [1.807, 2.05) is 6.92 Å². The van der Waals surface area contributed by atoms with Crippen molar-refractivity contribution in [2.45, 2.75) is 32.5 Å². The highest BCUT2D eigenvalue weighted by molar-refractivity contribution is 5.92. The van der Waals surface area contributed by atoms with Crippen LogP contribution in [0.1, 0.15) is 20.3 Å². The van der Waals surface area contributed by atoms with Crippen molar-refractivity contribution in [1.29, 1.82) is 0 Å². The third-order valence-corrected chi connectivity index (χ3v) is 1.31. The van der Waals surface area contributed by atoms with Gasteiger partial charge in [0.2, 0.25) is 0 Å². The van der Waals surface area contributed by atoms with Gasteiger partial charge in [-0.2, -0.15) is 0 Å². The highest BCUT2D eigenvalue weighted by atomic mass is 16.3. The predicted octanol–water partition coefficient (Wildman–Crippen LogP) is 0.263. The van der Waals surface area contributed by atoms with Gasteiger partial charge in [0.25, 0.3) is 0 Å². The summed E-state index contributed by atoms with van der Waals surface area (Å²) in [6.45, 7) is 3.20. The van der Waals surface area contributed by atoms with Crippen LogP contribution in [0.5, 0.6) is 0 Å². The minimum atomic E-state index is -0.977. The molecule has 0 bridgehead atoms. The molecule has 0 amide bonds. The fourth-order valence-corrected chi connectivity index (χ4v) is 0.481. The number of ketones is 1. The zero-order valence-corrected chi connectivity index (χ0v) is 6.82. The standard InChI is InChI=1S/C8H14O3/c1-3-7(10)4-5-8(11)6(2)9/h4-7,9-10H,3H2,1-2H3. The van der Waals surface area contributed by atoms with Crippen molar-refractivity contribution in [2.24, 2.45) is 0 Å². The minimum absolute atomic E-state index is 0.377. The lowest BCUT2D eigenvalue weighted by Gasteiger charge is -1.99. The molecule has 3 heteroatoms. The van der Waals surface area contributed by atoms with E-state index in [2.05, 4.69) is 0 Å². The van der Waals surface area contributed by atoms with Crippen molar-refractivity contribution in [3.05, 3.63) is 12.2 Å². The molecular formula is C8H14O3. The summed E-state index contributed by atoms with van der Waals surface area (Å²) < 4.78 is 0. The maximum atomic E-state index is 10.7. The van der Waals surface area contributed by atoms with Crippen LogP contribution in [-0.2, 0) is 4.79 Å². The van der Waals surface area contributed by atoms with Crippen molar-refractivity contribution in [3.8, 4) is 0 Å². The molecule has 2 N–H and O–H groups in total. The molecule has 0 spiro atoms. The van der Waals surface area contributed by atoms with Crippen molar-refractivity contribution in [1.82, 2.24) is 0 Å². The molecule has 0 aromatic carbocycles. The normalized spacial score (nSPS) is 16.7. The van der Waals surface area contributed by atoms with E-state index in [0.29, 0.717) is 6.42 Å². The molecule has 11 heavy (non-hydrogen) atoms. The Morgan fingerprint density at radius 1 is 1.55 bits per heavy atom. The lowest BCUT2D eigenvalue weighted by atomic mass is 10.2. The second-order valence-corrected chi connectivity index (χ2v) is 2.41. The first-order valence-electron chi connectivity index (χ1n) is 3.66. The van der Waals surface area contributed by atoms with Crippen LogP contribution in [0.2, 0.25) is 0 Å². The Kier molecular flexibility index (Phi) is 4.74. The fraction of sp³-hybridized carbons (Fsp3) is 0.625. The summed E-state index contributed by atoms with van der Waals surface area (Å²) in [6, 6.07) is 0. The topological polar surface area (TPSA) is 57.5 Å². The predicted molar refractivity (Wildman–Crippen MR) is 42.1 cm³/mol. The van der Waals surface area contributed by atoms with Gasteiger partial charge in [-0.25, -0.2) is 0 Å². The van der Waals surface area contributed by atoms with E-state index in [0.717, 1.165) is 0 Å². The SMILES string of the molecule is CCC(O)C=CC(=O)C(C)O. The largest absolute Gasteiger partial charge is 0.389 e. The van der Waals surface area contributed by atoms with Crippen LogP contribution in [-0.4, -0.2) is 28.2 Å². The molecule has 0 heterocycles. The lowest BCUT2D eigenvalue weighted by molar-refractivity contribution is -0.121. The van der Waals surface area contributed by atoms with Crippen LogP contribution < -0.4 is 0 Å². The van der Waals surface area contributed by atoms with Gasteiger partial charge in [-0.1, -0.05) is 13.0 Å². The number of aliphatic hydroxyl groups is 2. The molecule has 0 aliphatic heterocycles. The van der Waals surface area contributed by atoms with Gasteiger partial charge in [-0.05, 0) is 19.4 Å². The van der Waals surface area contributed by atoms with Crippen molar-refractivity contribution >= 4 is 5.78 Å². The van der Waals surface area contributed by atoms with E-state index in [1.165, 1.54) is 19.1 Å². The number of rotatable bonds is 4. The summed E-state index contributed by atoms with van der Waals surface area (Å²) in [6.07, 6.45) is 1.60. The van der Waals surface area contributed by atoms with Gasteiger partial charge in [-0.15, -0.1) is 0 Å². The van der Waals surface area contributed by atoms with E-state index < -0.39 is 12.2 Å². The number of aliphatic hydroxyl groups excluding tert-OH is 2. The highest BCUT2D eigenvalue weighted by Gasteiger charge is 2.04. The molecule has 0 radical (unpaired) electrons. The first kappa shape index (κ1) is 10.3. The molecule has 0 aromatic heterocycles. The molecule has 0 rings (SSSR count). The third-order valence-electron chi connectivity index (χ3n) is 1.31. The van der Waals surface area contributed by atoms with Crippen LogP contribution in [0.25, 0.3) is 0 Å². The van der Waals surface area contributed by atoms with E-state index in [4.69, 9.17) is 10.2 Å². The lowest BCUT2D eigenvalue weighted by Crippen LogP contribution is -2.13. The Hall–Kier alpha value is -0.670. The summed E-state index contributed by atoms with van der Waals surface area (Å²) in [5, 5.41) is 17.7. The van der Waals surface area contributed by atoms with E-state index in [-0.39, 0.29) is 5.78 Å². The van der Waals surface area contributed by atoms with Gasteiger partial charge in [0, 0.05) is 0 Å². The quantitative estimate of drug-likeness (QED) is 0.577.